The molecule has 0 saturated heterocycles. The van der Waals surface area contributed by atoms with E-state index in [4.69, 9.17) is 4.74 Å². The van der Waals surface area contributed by atoms with Gasteiger partial charge in [0.1, 0.15) is 11.5 Å². The lowest BCUT2D eigenvalue weighted by atomic mass is 9.73. The van der Waals surface area contributed by atoms with E-state index in [1.165, 1.54) is 6.92 Å². The zero-order valence-corrected chi connectivity index (χ0v) is 14.2. The number of ether oxygens (including phenoxy) is 1. The van der Waals surface area contributed by atoms with E-state index in [2.05, 4.69) is 0 Å². The van der Waals surface area contributed by atoms with E-state index in [-0.39, 0.29) is 53.5 Å². The van der Waals surface area contributed by atoms with Crippen molar-refractivity contribution in [2.24, 2.45) is 5.41 Å². The van der Waals surface area contributed by atoms with Crippen LogP contribution in [0.5, 0.6) is 5.75 Å². The molecular weight excluding hydrogens is 308 g/mol. The quantitative estimate of drug-likeness (QED) is 0.301. The number of ketones is 2. The molecule has 5 heteroatoms. The van der Waals surface area contributed by atoms with E-state index in [0.717, 1.165) is 5.56 Å². The normalized spacial score (nSPS) is 16.9. The molecule has 1 aromatic rings. The third-order valence-electron chi connectivity index (χ3n) is 3.96. The van der Waals surface area contributed by atoms with Crippen molar-refractivity contribution in [1.29, 1.82) is 0 Å². The summed E-state index contributed by atoms with van der Waals surface area (Å²) >= 11 is 0. The number of hydrogen-bond donors (Lipinski definition) is 1. The summed E-state index contributed by atoms with van der Waals surface area (Å²) in [7, 11) is 0. The minimum absolute atomic E-state index is 0.0362. The van der Waals surface area contributed by atoms with E-state index in [1.807, 2.05) is 13.8 Å². The molecule has 1 saturated carbocycles. The van der Waals surface area contributed by atoms with Crippen molar-refractivity contribution < 1.29 is 24.2 Å². The smallest absolute Gasteiger partial charge is 0.308 e. The number of rotatable bonds is 4. The Labute approximate surface area is 141 Å². The Kier molecular flexibility index (Phi) is 5.22. The average Bonchev–Trinajstić information content (AvgIpc) is 2.43. The first-order chi connectivity index (χ1) is 11.2. The molecule has 0 spiro atoms. The summed E-state index contributed by atoms with van der Waals surface area (Å²) in [6.07, 6.45) is 1.25. The SMILES string of the molecule is CC(=O)Oc1ccc(CCC(O)=C2C(=O)CC(C)(C)CC2=O)cc1. The van der Waals surface area contributed by atoms with Crippen molar-refractivity contribution in [3.63, 3.8) is 0 Å². The second-order valence-corrected chi connectivity index (χ2v) is 6.92. The van der Waals surface area contributed by atoms with Gasteiger partial charge in [0.2, 0.25) is 0 Å². The number of carbonyl (C=O) groups excluding carboxylic acids is 3. The summed E-state index contributed by atoms with van der Waals surface area (Å²) in [5, 5.41) is 10.2. The number of Topliss-reactive ketones (excluding diaryl/α,β-unsaturated/α-hetero) is 2. The van der Waals surface area contributed by atoms with Gasteiger partial charge in [-0.05, 0) is 29.5 Å². The molecule has 0 aromatic heterocycles. The van der Waals surface area contributed by atoms with Crippen molar-refractivity contribution in [3.05, 3.63) is 41.2 Å². The van der Waals surface area contributed by atoms with Gasteiger partial charge in [-0.2, -0.15) is 0 Å². The van der Waals surface area contributed by atoms with E-state index >= 15 is 0 Å². The first-order valence-electron chi connectivity index (χ1n) is 7.94. The van der Waals surface area contributed by atoms with Gasteiger partial charge in [-0.1, -0.05) is 26.0 Å². The van der Waals surface area contributed by atoms with Gasteiger partial charge in [0.15, 0.2) is 11.6 Å². The third kappa shape index (κ3) is 4.54. The Morgan fingerprint density at radius 2 is 1.67 bits per heavy atom. The van der Waals surface area contributed by atoms with Gasteiger partial charge in [0.05, 0.1) is 5.57 Å². The van der Waals surface area contributed by atoms with Crippen LogP contribution in [0.25, 0.3) is 0 Å². The number of benzene rings is 1. The molecule has 2 rings (SSSR count). The summed E-state index contributed by atoms with van der Waals surface area (Å²) < 4.78 is 4.95. The lowest BCUT2D eigenvalue weighted by molar-refractivity contribution is -0.132. The van der Waals surface area contributed by atoms with Gasteiger partial charge < -0.3 is 9.84 Å². The van der Waals surface area contributed by atoms with Crippen LogP contribution in [0.3, 0.4) is 0 Å². The van der Waals surface area contributed by atoms with E-state index < -0.39 is 0 Å². The Bertz CT molecular complexity index is 673. The Morgan fingerprint density at radius 3 is 2.17 bits per heavy atom. The van der Waals surface area contributed by atoms with Crippen molar-refractivity contribution in [3.8, 4) is 5.75 Å². The fraction of sp³-hybridized carbons (Fsp3) is 0.421. The number of allylic oxidation sites excluding steroid dienone is 2. The maximum Gasteiger partial charge on any atom is 0.308 e. The Morgan fingerprint density at radius 1 is 1.12 bits per heavy atom. The minimum Gasteiger partial charge on any atom is -0.511 e. The summed E-state index contributed by atoms with van der Waals surface area (Å²) in [6, 6.07) is 6.90. The van der Waals surface area contributed by atoms with Crippen molar-refractivity contribution >= 4 is 17.5 Å². The molecule has 0 aliphatic heterocycles. The molecule has 1 aromatic carbocycles. The Balaban J connectivity index is 2.04. The van der Waals surface area contributed by atoms with Crippen LogP contribution in [0.2, 0.25) is 0 Å². The first kappa shape index (κ1) is 17.9. The molecule has 0 amide bonds. The highest BCUT2D eigenvalue weighted by molar-refractivity contribution is 6.22. The second kappa shape index (κ2) is 6.99. The largest absolute Gasteiger partial charge is 0.511 e. The summed E-state index contributed by atoms with van der Waals surface area (Å²) in [5.74, 6) is -0.626. The fourth-order valence-electron chi connectivity index (χ4n) is 2.86. The van der Waals surface area contributed by atoms with Crippen LogP contribution in [0, 0.1) is 5.41 Å². The van der Waals surface area contributed by atoms with Crippen LogP contribution < -0.4 is 4.74 Å². The number of aliphatic hydroxyl groups excluding tert-OH is 1. The van der Waals surface area contributed by atoms with Gasteiger partial charge in [0.25, 0.3) is 0 Å². The third-order valence-corrected chi connectivity index (χ3v) is 3.96. The monoisotopic (exact) mass is 330 g/mol. The molecule has 5 nitrogen and oxygen atoms in total. The predicted octanol–water partition coefficient (Wildman–Crippen LogP) is 3.31. The molecule has 0 unspecified atom stereocenters. The van der Waals surface area contributed by atoms with Crippen LogP contribution >= 0.6 is 0 Å². The molecule has 0 bridgehead atoms. The fourth-order valence-corrected chi connectivity index (χ4v) is 2.86. The highest BCUT2D eigenvalue weighted by Gasteiger charge is 2.37. The van der Waals surface area contributed by atoms with Gasteiger partial charge in [-0.3, -0.25) is 14.4 Å². The first-order valence-corrected chi connectivity index (χ1v) is 7.94. The van der Waals surface area contributed by atoms with Crippen molar-refractivity contribution in [1.82, 2.24) is 0 Å². The van der Waals surface area contributed by atoms with Gasteiger partial charge in [0, 0.05) is 26.2 Å². The van der Waals surface area contributed by atoms with Crippen LogP contribution in [-0.4, -0.2) is 22.6 Å². The highest BCUT2D eigenvalue weighted by Crippen LogP contribution is 2.34. The zero-order chi connectivity index (χ0) is 17.9. The van der Waals surface area contributed by atoms with Gasteiger partial charge in [-0.15, -0.1) is 0 Å². The van der Waals surface area contributed by atoms with Gasteiger partial charge >= 0.3 is 5.97 Å². The van der Waals surface area contributed by atoms with Crippen molar-refractivity contribution in [2.75, 3.05) is 0 Å². The number of aryl methyl sites for hydroxylation is 1. The minimum atomic E-state index is -0.387. The van der Waals surface area contributed by atoms with Crippen molar-refractivity contribution in [2.45, 2.75) is 46.5 Å². The van der Waals surface area contributed by atoms with Crippen LogP contribution in [0.1, 0.15) is 45.6 Å². The summed E-state index contributed by atoms with van der Waals surface area (Å²) in [4.78, 5) is 35.1. The van der Waals surface area contributed by atoms with E-state index in [0.29, 0.717) is 12.2 Å². The molecule has 1 N–H and O–H groups in total. The molecule has 1 aliphatic carbocycles. The molecule has 0 radical (unpaired) electrons. The van der Waals surface area contributed by atoms with Crippen LogP contribution in [-0.2, 0) is 20.8 Å². The number of hydrogen-bond acceptors (Lipinski definition) is 5. The topological polar surface area (TPSA) is 80.7 Å². The molecule has 1 aliphatic rings. The van der Waals surface area contributed by atoms with Crippen LogP contribution in [0.4, 0.5) is 0 Å². The molecular formula is C19H22O5. The molecule has 128 valence electrons. The van der Waals surface area contributed by atoms with E-state index in [1.54, 1.807) is 24.3 Å². The molecule has 24 heavy (non-hydrogen) atoms. The van der Waals surface area contributed by atoms with Gasteiger partial charge in [-0.25, -0.2) is 0 Å². The number of carbonyl (C=O) groups is 3. The maximum atomic E-state index is 12.1. The summed E-state index contributed by atoms with van der Waals surface area (Å²) in [6.45, 7) is 5.08. The molecule has 0 heterocycles. The Hall–Kier alpha value is -2.43. The average molecular weight is 330 g/mol. The summed E-state index contributed by atoms with van der Waals surface area (Å²) in [5.41, 5.74) is 0.532. The van der Waals surface area contributed by atoms with Crippen LogP contribution in [0.15, 0.2) is 35.6 Å². The molecule has 1 fully saturated rings. The standard InChI is InChI=1S/C19H22O5/c1-12(20)24-14-7-4-13(5-8-14)6-9-15(21)18-16(22)10-19(2,3)11-17(18)23/h4-5,7-8,21H,6,9-11H2,1-3H3. The number of esters is 1. The lowest BCUT2D eigenvalue weighted by Crippen LogP contribution is -2.32. The predicted molar refractivity (Wildman–Crippen MR) is 88.8 cm³/mol. The highest BCUT2D eigenvalue weighted by atomic mass is 16.5. The maximum absolute atomic E-state index is 12.1. The van der Waals surface area contributed by atoms with E-state index in [9.17, 15) is 19.5 Å². The number of aliphatic hydroxyl groups is 1. The second-order valence-electron chi connectivity index (χ2n) is 6.92. The molecule has 0 atom stereocenters. The lowest BCUT2D eigenvalue weighted by Gasteiger charge is -2.28. The zero-order valence-electron chi connectivity index (χ0n) is 14.2.